The van der Waals surface area contributed by atoms with Gasteiger partial charge in [0.25, 0.3) is 0 Å². The van der Waals surface area contributed by atoms with Crippen molar-refractivity contribution in [2.24, 2.45) is 0 Å². The maximum Gasteiger partial charge on any atom is 0.347 e. The summed E-state index contributed by atoms with van der Waals surface area (Å²) in [4.78, 5) is 11.4. The molecule has 2 aromatic rings. The Kier molecular flexibility index (Phi) is 6.71. The summed E-state index contributed by atoms with van der Waals surface area (Å²) in [5, 5.41) is 20.3. The van der Waals surface area contributed by atoms with Crippen molar-refractivity contribution >= 4 is 17.6 Å². The van der Waals surface area contributed by atoms with Gasteiger partial charge in [-0.2, -0.15) is 0 Å². The number of hydrogen-bond donors (Lipinski definition) is 2. The van der Waals surface area contributed by atoms with Crippen LogP contribution in [0.4, 0.5) is 0 Å². The first-order chi connectivity index (χ1) is 14.8. The summed E-state index contributed by atoms with van der Waals surface area (Å²) in [5.41, 5.74) is 3.22. The molecule has 5 nitrogen and oxygen atoms in total. The molecule has 0 bridgehead atoms. The molecule has 1 heterocycles. The summed E-state index contributed by atoms with van der Waals surface area (Å²) in [6.45, 7) is 11.1. The van der Waals surface area contributed by atoms with E-state index in [-0.39, 0.29) is 5.60 Å². The van der Waals surface area contributed by atoms with Gasteiger partial charge in [-0.3, -0.25) is 0 Å². The normalized spacial score (nSPS) is 18.1. The van der Waals surface area contributed by atoms with E-state index in [9.17, 15) is 15.0 Å². The van der Waals surface area contributed by atoms with Crippen LogP contribution in [0, 0.1) is 20.8 Å². The first kappa shape index (κ1) is 24.2. The third-order valence-electron chi connectivity index (χ3n) is 6.65. The number of fused-ring (bicyclic) bond motifs is 1. The van der Waals surface area contributed by atoms with Crippen LogP contribution in [-0.4, -0.2) is 27.4 Å². The van der Waals surface area contributed by atoms with Gasteiger partial charge in [0, 0.05) is 10.6 Å². The summed E-state index contributed by atoms with van der Waals surface area (Å²) in [6.07, 6.45) is 4.22. The summed E-state index contributed by atoms with van der Waals surface area (Å²) in [6, 6.07) is 5.27. The molecular weight excluding hydrogens is 428 g/mol. The molecule has 3 rings (SSSR count). The molecule has 2 aromatic carbocycles. The molecule has 0 saturated carbocycles. The van der Waals surface area contributed by atoms with E-state index >= 15 is 0 Å². The molecule has 1 unspecified atom stereocenters. The van der Waals surface area contributed by atoms with E-state index in [0.717, 1.165) is 65.7 Å². The van der Waals surface area contributed by atoms with Crippen LogP contribution in [0.1, 0.15) is 67.9 Å². The number of carboxylic acid groups (broad SMARTS) is 1. The van der Waals surface area contributed by atoms with E-state index < -0.39 is 11.6 Å². The van der Waals surface area contributed by atoms with E-state index in [0.29, 0.717) is 16.5 Å². The van der Waals surface area contributed by atoms with Gasteiger partial charge in [-0.05, 0) is 114 Å². The van der Waals surface area contributed by atoms with Gasteiger partial charge in [-0.15, -0.1) is 0 Å². The first-order valence-corrected chi connectivity index (χ1v) is 11.4. The molecule has 0 aliphatic carbocycles. The lowest BCUT2D eigenvalue weighted by Crippen LogP contribution is -2.37. The van der Waals surface area contributed by atoms with Crippen LogP contribution in [-0.2, 0) is 17.6 Å². The molecule has 0 saturated heterocycles. The number of hydrogen-bond acceptors (Lipinski definition) is 4. The van der Waals surface area contributed by atoms with E-state index in [1.807, 2.05) is 26.8 Å². The number of carbonyl (C=O) groups is 1. The van der Waals surface area contributed by atoms with Crippen LogP contribution in [0.25, 0.3) is 0 Å². The molecular formula is C26H33ClO5. The highest BCUT2D eigenvalue weighted by molar-refractivity contribution is 6.31. The Labute approximate surface area is 195 Å². The molecule has 2 N–H and O–H groups in total. The van der Waals surface area contributed by atoms with Crippen LogP contribution >= 0.6 is 11.6 Å². The molecule has 0 radical (unpaired) electrons. The third-order valence-corrected chi connectivity index (χ3v) is 7.02. The predicted molar refractivity (Wildman–Crippen MR) is 126 cm³/mol. The number of carboxylic acids is 1. The lowest BCUT2D eigenvalue weighted by Gasteiger charge is -2.38. The Morgan fingerprint density at radius 1 is 1.22 bits per heavy atom. The zero-order valence-corrected chi connectivity index (χ0v) is 20.5. The van der Waals surface area contributed by atoms with Crippen molar-refractivity contribution in [2.45, 2.75) is 84.8 Å². The Morgan fingerprint density at radius 3 is 2.56 bits per heavy atom. The number of aryl methyl sites for hydroxylation is 1. The maximum atomic E-state index is 11.4. The maximum absolute atomic E-state index is 11.4. The number of ether oxygens (including phenoxy) is 2. The lowest BCUT2D eigenvalue weighted by molar-refractivity contribution is -0.152. The minimum Gasteiger partial charge on any atom is -0.507 e. The average Bonchev–Trinajstić information content (AvgIpc) is 2.72. The Hall–Kier alpha value is -2.40. The number of halogens is 1. The van der Waals surface area contributed by atoms with E-state index in [2.05, 4.69) is 6.92 Å². The number of phenols is 1. The molecule has 0 aromatic heterocycles. The fourth-order valence-corrected chi connectivity index (χ4v) is 4.48. The Balaban J connectivity index is 1.70. The van der Waals surface area contributed by atoms with Crippen LogP contribution in [0.5, 0.6) is 17.2 Å². The number of aromatic hydroxyl groups is 1. The van der Waals surface area contributed by atoms with Crippen LogP contribution in [0.15, 0.2) is 18.2 Å². The molecule has 6 heteroatoms. The molecule has 0 fully saturated rings. The van der Waals surface area contributed by atoms with Crippen molar-refractivity contribution in [1.82, 2.24) is 0 Å². The van der Waals surface area contributed by atoms with Crippen molar-refractivity contribution in [3.05, 3.63) is 51.0 Å². The van der Waals surface area contributed by atoms with Crippen molar-refractivity contribution < 1.29 is 24.5 Å². The number of rotatable bonds is 7. The first-order valence-electron chi connectivity index (χ1n) is 11.1. The van der Waals surface area contributed by atoms with Crippen molar-refractivity contribution in [3.63, 3.8) is 0 Å². The van der Waals surface area contributed by atoms with E-state index in [4.69, 9.17) is 21.1 Å². The monoisotopic (exact) mass is 460 g/mol. The number of aliphatic carboxylic acids is 1. The molecule has 0 amide bonds. The SMILES string of the molecule is Cc1c(C)c2c(c(C)c1O)CCC(C)(CCCc1cc(OC(C)(C)C(=O)O)ccc1Cl)O2. The predicted octanol–water partition coefficient (Wildman–Crippen LogP) is 6.32. The van der Waals surface area contributed by atoms with Crippen LogP contribution in [0.3, 0.4) is 0 Å². The fraction of sp³-hybridized carbons (Fsp3) is 0.500. The lowest BCUT2D eigenvalue weighted by atomic mass is 9.84. The van der Waals surface area contributed by atoms with Gasteiger partial charge < -0.3 is 19.7 Å². The topological polar surface area (TPSA) is 76.0 Å². The minimum absolute atomic E-state index is 0.292. The van der Waals surface area contributed by atoms with Gasteiger partial charge in [0.2, 0.25) is 0 Å². The van der Waals surface area contributed by atoms with Crippen molar-refractivity contribution in [2.75, 3.05) is 0 Å². The summed E-state index contributed by atoms with van der Waals surface area (Å²) >= 11 is 6.40. The van der Waals surface area contributed by atoms with Crippen LogP contribution in [0.2, 0.25) is 5.02 Å². The Bertz CT molecular complexity index is 1040. The third kappa shape index (κ3) is 4.83. The molecule has 32 heavy (non-hydrogen) atoms. The van der Waals surface area contributed by atoms with Gasteiger partial charge >= 0.3 is 5.97 Å². The van der Waals surface area contributed by atoms with Crippen molar-refractivity contribution in [3.8, 4) is 17.2 Å². The average molecular weight is 461 g/mol. The standard InChI is InChI=1S/C26H33ClO5/c1-15-16(2)23-20(17(3)22(15)28)11-13-26(6,32-23)12-7-8-18-14-19(9-10-21(18)27)31-25(4,5)24(29)30/h9-10,14,28H,7-8,11-13H2,1-6H3,(H,29,30). The zero-order chi connectivity index (χ0) is 23.8. The Morgan fingerprint density at radius 2 is 1.91 bits per heavy atom. The van der Waals surface area contributed by atoms with Gasteiger partial charge in [-0.25, -0.2) is 4.79 Å². The molecule has 1 atom stereocenters. The second-order valence-electron chi connectivity index (χ2n) is 9.61. The van der Waals surface area contributed by atoms with Gasteiger partial charge in [0.05, 0.1) is 0 Å². The second-order valence-corrected chi connectivity index (χ2v) is 10.0. The van der Waals surface area contributed by atoms with Gasteiger partial charge in [0.15, 0.2) is 5.60 Å². The van der Waals surface area contributed by atoms with Crippen molar-refractivity contribution in [1.29, 1.82) is 0 Å². The quantitative estimate of drug-likeness (QED) is 0.505. The summed E-state index contributed by atoms with van der Waals surface area (Å²) in [7, 11) is 0. The molecule has 1 aliphatic rings. The van der Waals surface area contributed by atoms with Gasteiger partial charge in [-0.1, -0.05) is 11.6 Å². The largest absolute Gasteiger partial charge is 0.507 e. The van der Waals surface area contributed by atoms with Crippen LogP contribution < -0.4 is 9.47 Å². The van der Waals surface area contributed by atoms with E-state index in [1.165, 1.54) is 13.8 Å². The highest BCUT2D eigenvalue weighted by atomic mass is 35.5. The molecule has 174 valence electrons. The number of phenolic OH excluding ortho intramolecular Hbond substituents is 1. The minimum atomic E-state index is -1.32. The van der Waals surface area contributed by atoms with E-state index in [1.54, 1.807) is 12.1 Å². The smallest absolute Gasteiger partial charge is 0.347 e. The summed E-state index contributed by atoms with van der Waals surface area (Å²) in [5.74, 6) is 0.755. The second kappa shape index (κ2) is 8.86. The zero-order valence-electron chi connectivity index (χ0n) is 19.8. The molecule has 0 spiro atoms. The fourth-order valence-electron chi connectivity index (χ4n) is 4.27. The summed E-state index contributed by atoms with van der Waals surface area (Å²) < 4.78 is 12.2. The highest BCUT2D eigenvalue weighted by Gasteiger charge is 2.34. The molecule has 1 aliphatic heterocycles. The highest BCUT2D eigenvalue weighted by Crippen LogP contribution is 2.44. The van der Waals surface area contributed by atoms with Gasteiger partial charge in [0.1, 0.15) is 22.8 Å². The number of benzene rings is 2.